The number of halogens is 1. The topological polar surface area (TPSA) is 34.9 Å². The summed E-state index contributed by atoms with van der Waals surface area (Å²) in [6.45, 7) is 1.93. The molecule has 0 bridgehead atoms. The molecule has 15 heavy (non-hydrogen) atoms. The highest BCUT2D eigenvalue weighted by Crippen LogP contribution is 2.08. The first-order valence-electron chi connectivity index (χ1n) is 4.59. The third kappa shape index (κ3) is 1.65. The summed E-state index contributed by atoms with van der Waals surface area (Å²) >= 11 is 5.83. The van der Waals surface area contributed by atoms with Gasteiger partial charge >= 0.3 is 0 Å². The Hall–Kier alpha value is -1.29. The first-order valence-corrected chi connectivity index (χ1v) is 4.97. The monoisotopic (exact) mass is 219 g/mol. The van der Waals surface area contributed by atoms with Crippen molar-refractivity contribution >= 4 is 35.2 Å². The summed E-state index contributed by atoms with van der Waals surface area (Å²) in [5, 5.41) is 0.799. The molecule has 2 rings (SSSR count). The second kappa shape index (κ2) is 3.70. The predicted octanol–water partition coefficient (Wildman–Crippen LogP) is 0.964. The molecule has 5 heteroatoms. The van der Waals surface area contributed by atoms with E-state index < -0.39 is 0 Å². The fraction of sp³-hybridized carbons (Fsp3) is 0.200. The smallest absolute Gasteiger partial charge is 0.262 e. The second-order valence-corrected chi connectivity index (χ2v) is 3.65. The molecule has 0 N–H and O–H groups in total. The van der Waals surface area contributed by atoms with Gasteiger partial charge < -0.3 is 0 Å². The van der Waals surface area contributed by atoms with Crippen molar-refractivity contribution in [2.45, 2.75) is 6.82 Å². The highest BCUT2D eigenvalue weighted by atomic mass is 35.5. The van der Waals surface area contributed by atoms with Crippen molar-refractivity contribution in [3.05, 3.63) is 33.8 Å². The lowest BCUT2D eigenvalue weighted by Crippen LogP contribution is -2.20. The molecule has 2 aromatic rings. The van der Waals surface area contributed by atoms with Crippen molar-refractivity contribution in [2.24, 2.45) is 7.05 Å². The molecule has 1 radical (unpaired) electrons. The maximum absolute atomic E-state index is 11.8. The van der Waals surface area contributed by atoms with E-state index in [0.717, 1.165) is 5.46 Å². The first kappa shape index (κ1) is 10.2. The number of hydrogen-bond acceptors (Lipinski definition) is 2. The Labute approximate surface area is 92.9 Å². The molecular formula is C10H9BClN2O. The maximum atomic E-state index is 11.8. The molecule has 0 saturated carbocycles. The van der Waals surface area contributed by atoms with Crippen molar-refractivity contribution in [3.8, 4) is 0 Å². The molecule has 1 aromatic heterocycles. The molecule has 0 saturated heterocycles. The molecular weight excluding hydrogens is 210 g/mol. The van der Waals surface area contributed by atoms with Gasteiger partial charge in [-0.25, -0.2) is 4.98 Å². The first-order chi connectivity index (χ1) is 7.13. The zero-order valence-corrected chi connectivity index (χ0v) is 9.25. The zero-order chi connectivity index (χ0) is 11.0. The Morgan fingerprint density at radius 1 is 1.47 bits per heavy atom. The average Bonchev–Trinajstić information content (AvgIpc) is 2.25. The van der Waals surface area contributed by atoms with Gasteiger partial charge in [-0.3, -0.25) is 9.36 Å². The van der Waals surface area contributed by atoms with E-state index in [2.05, 4.69) is 4.98 Å². The lowest BCUT2D eigenvalue weighted by atomic mass is 9.73. The van der Waals surface area contributed by atoms with Crippen molar-refractivity contribution in [1.82, 2.24) is 9.55 Å². The minimum Gasteiger partial charge on any atom is -0.286 e. The normalized spacial score (nSPS) is 10.6. The van der Waals surface area contributed by atoms with Gasteiger partial charge in [-0.05, 0) is 23.7 Å². The summed E-state index contributed by atoms with van der Waals surface area (Å²) in [6.07, 6.45) is 0. The molecule has 0 aliphatic heterocycles. The highest BCUT2D eigenvalue weighted by Gasteiger charge is 2.06. The van der Waals surface area contributed by atoms with Crippen LogP contribution in [0.4, 0.5) is 0 Å². The Morgan fingerprint density at radius 2 is 2.20 bits per heavy atom. The van der Waals surface area contributed by atoms with E-state index in [1.807, 2.05) is 26.2 Å². The molecule has 75 valence electrons. The van der Waals surface area contributed by atoms with Gasteiger partial charge in [0.2, 0.25) is 5.28 Å². The SMILES string of the molecule is C[B]c1ccc2c(=O)n(C)c(Cl)nc2c1. The van der Waals surface area contributed by atoms with E-state index in [1.165, 1.54) is 4.57 Å². The van der Waals surface area contributed by atoms with Gasteiger partial charge in [0.05, 0.1) is 10.9 Å². The second-order valence-electron chi connectivity index (χ2n) is 3.31. The number of fused-ring (bicyclic) bond motifs is 1. The van der Waals surface area contributed by atoms with Gasteiger partial charge in [-0.1, -0.05) is 18.4 Å². The molecule has 0 aliphatic rings. The van der Waals surface area contributed by atoms with Crippen molar-refractivity contribution < 1.29 is 0 Å². The van der Waals surface area contributed by atoms with Crippen LogP contribution in [0.25, 0.3) is 10.9 Å². The molecule has 1 heterocycles. The van der Waals surface area contributed by atoms with Crippen LogP contribution >= 0.6 is 11.6 Å². The lowest BCUT2D eigenvalue weighted by molar-refractivity contribution is 0.844. The number of benzene rings is 1. The fourth-order valence-electron chi connectivity index (χ4n) is 1.44. The third-order valence-corrected chi connectivity index (χ3v) is 2.72. The van der Waals surface area contributed by atoms with Crippen molar-refractivity contribution in [2.75, 3.05) is 0 Å². The van der Waals surface area contributed by atoms with Crippen LogP contribution in [-0.4, -0.2) is 16.8 Å². The fourth-order valence-corrected chi connectivity index (χ4v) is 1.61. The molecule has 0 amide bonds. The molecule has 3 nitrogen and oxygen atoms in total. The Morgan fingerprint density at radius 3 is 2.87 bits per heavy atom. The largest absolute Gasteiger partial charge is 0.286 e. The standard InChI is InChI=1S/C10H9BClN2O/c1-11-6-3-4-7-8(5-6)13-10(12)14(2)9(7)15/h3-5H,1-2H3. The van der Waals surface area contributed by atoms with Gasteiger partial charge in [0.25, 0.3) is 5.56 Å². The molecule has 1 aromatic carbocycles. The summed E-state index contributed by atoms with van der Waals surface area (Å²) in [4.78, 5) is 15.9. The number of rotatable bonds is 1. The number of aromatic nitrogens is 2. The average molecular weight is 219 g/mol. The quantitative estimate of drug-likeness (QED) is 0.529. The predicted molar refractivity (Wildman–Crippen MR) is 63.2 cm³/mol. The molecule has 0 atom stereocenters. The minimum absolute atomic E-state index is 0.118. The van der Waals surface area contributed by atoms with Crippen LogP contribution in [0.5, 0.6) is 0 Å². The van der Waals surface area contributed by atoms with Crippen molar-refractivity contribution in [1.29, 1.82) is 0 Å². The van der Waals surface area contributed by atoms with Crippen LogP contribution < -0.4 is 11.0 Å². The highest BCUT2D eigenvalue weighted by molar-refractivity contribution is 6.52. The summed E-state index contributed by atoms with van der Waals surface area (Å²) < 4.78 is 1.33. The van der Waals surface area contributed by atoms with Crippen LogP contribution in [0.15, 0.2) is 23.0 Å². The molecule has 0 fully saturated rings. The van der Waals surface area contributed by atoms with Gasteiger partial charge in [-0.15, -0.1) is 0 Å². The van der Waals surface area contributed by atoms with Crippen LogP contribution in [-0.2, 0) is 7.05 Å². The Balaban J connectivity index is 2.86. The third-order valence-electron chi connectivity index (χ3n) is 2.38. The van der Waals surface area contributed by atoms with E-state index in [0.29, 0.717) is 10.9 Å². The minimum atomic E-state index is -0.118. The van der Waals surface area contributed by atoms with Gasteiger partial charge in [-0.2, -0.15) is 0 Å². The summed E-state index contributed by atoms with van der Waals surface area (Å²) in [7, 11) is 3.56. The van der Waals surface area contributed by atoms with E-state index >= 15 is 0 Å². The van der Waals surface area contributed by atoms with Crippen molar-refractivity contribution in [3.63, 3.8) is 0 Å². The van der Waals surface area contributed by atoms with E-state index in [1.54, 1.807) is 13.1 Å². The molecule has 0 unspecified atom stereocenters. The van der Waals surface area contributed by atoms with E-state index in [-0.39, 0.29) is 10.8 Å². The van der Waals surface area contributed by atoms with Crippen LogP contribution in [0, 0.1) is 0 Å². The Bertz CT molecular complexity index is 579. The Kier molecular flexibility index (Phi) is 2.53. The van der Waals surface area contributed by atoms with E-state index in [4.69, 9.17) is 11.6 Å². The molecule has 0 aliphatic carbocycles. The summed E-state index contributed by atoms with van der Waals surface area (Å²) in [5.41, 5.74) is 1.55. The van der Waals surface area contributed by atoms with Crippen LogP contribution in [0.2, 0.25) is 12.1 Å². The van der Waals surface area contributed by atoms with Gasteiger partial charge in [0.1, 0.15) is 7.28 Å². The summed E-state index contributed by atoms with van der Waals surface area (Å²) in [6, 6.07) is 5.51. The zero-order valence-electron chi connectivity index (χ0n) is 8.49. The number of nitrogens with zero attached hydrogens (tertiary/aromatic N) is 2. The summed E-state index contributed by atoms with van der Waals surface area (Å²) in [5.74, 6) is 0. The van der Waals surface area contributed by atoms with E-state index in [9.17, 15) is 4.79 Å². The maximum Gasteiger partial charge on any atom is 0.262 e. The van der Waals surface area contributed by atoms with Crippen LogP contribution in [0.1, 0.15) is 0 Å². The van der Waals surface area contributed by atoms with Gasteiger partial charge in [0, 0.05) is 7.05 Å². The molecule has 0 spiro atoms. The lowest BCUT2D eigenvalue weighted by Gasteiger charge is -2.04. The van der Waals surface area contributed by atoms with Gasteiger partial charge in [0.15, 0.2) is 0 Å². The number of hydrogen-bond donors (Lipinski definition) is 0. The van der Waals surface area contributed by atoms with Crippen LogP contribution in [0.3, 0.4) is 0 Å².